The van der Waals surface area contributed by atoms with Crippen LogP contribution in [0.4, 0.5) is 0 Å². The van der Waals surface area contributed by atoms with Gasteiger partial charge in [0.25, 0.3) is 0 Å². The van der Waals surface area contributed by atoms with Crippen molar-refractivity contribution < 1.29 is 0 Å². The summed E-state index contributed by atoms with van der Waals surface area (Å²) in [5.41, 5.74) is -0.0233. The first-order chi connectivity index (χ1) is 5.08. The molecule has 0 radical (unpaired) electrons. The monoisotopic (exact) mass is 150 g/mol. The van der Waals surface area contributed by atoms with E-state index in [1.807, 2.05) is 26.8 Å². The van der Waals surface area contributed by atoms with Crippen molar-refractivity contribution in [2.75, 3.05) is 0 Å². The smallest absolute Gasteiger partial charge is 0.0672 e. The van der Waals surface area contributed by atoms with Gasteiger partial charge in [-0.2, -0.15) is 10.5 Å². The number of nitriles is 2. The lowest BCUT2D eigenvalue weighted by Gasteiger charge is -2.26. The molecule has 0 saturated carbocycles. The van der Waals surface area contributed by atoms with Crippen LogP contribution in [0.2, 0.25) is 0 Å². The van der Waals surface area contributed by atoms with Crippen LogP contribution in [0.5, 0.6) is 0 Å². The molecule has 0 N–H and O–H groups in total. The third-order valence-corrected chi connectivity index (χ3v) is 2.31. The van der Waals surface area contributed by atoms with E-state index in [-0.39, 0.29) is 11.3 Å². The zero-order valence-electron chi connectivity index (χ0n) is 7.39. The highest BCUT2D eigenvalue weighted by Crippen LogP contribution is 2.31. The third-order valence-electron chi connectivity index (χ3n) is 2.31. The largest absolute Gasteiger partial charge is 0.198 e. The Kier molecular flexibility index (Phi) is 3.61. The molecule has 2 heteroatoms. The van der Waals surface area contributed by atoms with E-state index in [0.717, 1.165) is 6.42 Å². The predicted molar refractivity (Wildman–Crippen MR) is 43.4 cm³/mol. The zero-order chi connectivity index (χ0) is 8.91. The molecule has 0 bridgehead atoms. The van der Waals surface area contributed by atoms with Crippen molar-refractivity contribution in [1.82, 2.24) is 0 Å². The molecule has 1 atom stereocenters. The van der Waals surface area contributed by atoms with Crippen molar-refractivity contribution in [3.05, 3.63) is 0 Å². The lowest BCUT2D eigenvalue weighted by Crippen LogP contribution is -2.21. The number of hydrogen-bond acceptors (Lipinski definition) is 2. The third kappa shape index (κ3) is 2.60. The van der Waals surface area contributed by atoms with Crippen molar-refractivity contribution in [2.45, 2.75) is 33.6 Å². The minimum atomic E-state index is -0.127. The van der Waals surface area contributed by atoms with Crippen LogP contribution in [0.15, 0.2) is 0 Å². The molecular weight excluding hydrogens is 136 g/mol. The summed E-state index contributed by atoms with van der Waals surface area (Å²) in [5.74, 6) is -0.127. The van der Waals surface area contributed by atoms with Crippen molar-refractivity contribution in [3.8, 4) is 12.1 Å². The Hall–Kier alpha value is -1.02. The SMILES string of the molecule is CCC(C)(C)C(C#N)CC#N. The summed E-state index contributed by atoms with van der Waals surface area (Å²) in [4.78, 5) is 0. The van der Waals surface area contributed by atoms with Gasteiger partial charge in [-0.15, -0.1) is 0 Å². The van der Waals surface area contributed by atoms with Gasteiger partial charge in [0, 0.05) is 0 Å². The Bertz CT molecular complexity index is 193. The van der Waals surface area contributed by atoms with E-state index in [4.69, 9.17) is 10.5 Å². The molecule has 0 rings (SSSR count). The van der Waals surface area contributed by atoms with Gasteiger partial charge in [-0.1, -0.05) is 20.8 Å². The Morgan fingerprint density at radius 3 is 2.18 bits per heavy atom. The summed E-state index contributed by atoms with van der Waals surface area (Å²) in [5, 5.41) is 17.1. The fraction of sp³-hybridized carbons (Fsp3) is 0.778. The van der Waals surface area contributed by atoms with Crippen LogP contribution < -0.4 is 0 Å². The van der Waals surface area contributed by atoms with Crippen LogP contribution in [0.3, 0.4) is 0 Å². The van der Waals surface area contributed by atoms with E-state index in [1.165, 1.54) is 0 Å². The van der Waals surface area contributed by atoms with E-state index in [1.54, 1.807) is 0 Å². The molecule has 0 saturated heterocycles. The second-order valence-electron chi connectivity index (χ2n) is 3.39. The van der Waals surface area contributed by atoms with Gasteiger partial charge >= 0.3 is 0 Å². The molecule has 60 valence electrons. The highest BCUT2D eigenvalue weighted by Gasteiger charge is 2.27. The highest BCUT2D eigenvalue weighted by atomic mass is 14.4. The standard InChI is InChI=1S/C9H14N2/c1-4-9(2,3)8(7-11)5-6-10/h8H,4-5H2,1-3H3. The first kappa shape index (κ1) is 9.98. The first-order valence-corrected chi connectivity index (χ1v) is 3.85. The molecule has 2 nitrogen and oxygen atoms in total. The summed E-state index contributed by atoms with van der Waals surface area (Å²) >= 11 is 0. The fourth-order valence-corrected chi connectivity index (χ4v) is 0.834. The van der Waals surface area contributed by atoms with E-state index >= 15 is 0 Å². The van der Waals surface area contributed by atoms with Crippen LogP contribution in [0, 0.1) is 34.0 Å². The molecule has 0 amide bonds. The van der Waals surface area contributed by atoms with Gasteiger partial charge in [-0.25, -0.2) is 0 Å². The lowest BCUT2D eigenvalue weighted by atomic mass is 9.76. The predicted octanol–water partition coefficient (Wildman–Crippen LogP) is 2.48. The van der Waals surface area contributed by atoms with Crippen molar-refractivity contribution in [2.24, 2.45) is 11.3 Å². The number of hydrogen-bond donors (Lipinski definition) is 0. The van der Waals surface area contributed by atoms with Gasteiger partial charge in [-0.05, 0) is 11.8 Å². The Balaban J connectivity index is 4.29. The van der Waals surface area contributed by atoms with Gasteiger partial charge in [-0.3, -0.25) is 0 Å². The molecule has 0 fully saturated rings. The van der Waals surface area contributed by atoms with Crippen LogP contribution in [0.25, 0.3) is 0 Å². The minimum absolute atomic E-state index is 0.0233. The van der Waals surface area contributed by atoms with E-state index < -0.39 is 0 Å². The Labute approximate surface area is 68.4 Å². The van der Waals surface area contributed by atoms with Crippen molar-refractivity contribution in [1.29, 1.82) is 10.5 Å². The lowest BCUT2D eigenvalue weighted by molar-refractivity contribution is 0.258. The Morgan fingerprint density at radius 1 is 1.36 bits per heavy atom. The van der Waals surface area contributed by atoms with Crippen molar-refractivity contribution >= 4 is 0 Å². The Morgan fingerprint density at radius 2 is 1.91 bits per heavy atom. The summed E-state index contributed by atoms with van der Waals surface area (Å²) in [6.45, 7) is 6.10. The highest BCUT2D eigenvalue weighted by molar-refractivity contribution is 4.97. The molecule has 0 aromatic carbocycles. The summed E-state index contributed by atoms with van der Waals surface area (Å²) in [6, 6.07) is 4.21. The number of nitrogens with zero attached hydrogens (tertiary/aromatic N) is 2. The van der Waals surface area contributed by atoms with Crippen LogP contribution in [-0.2, 0) is 0 Å². The maximum absolute atomic E-state index is 8.72. The van der Waals surface area contributed by atoms with Gasteiger partial charge < -0.3 is 0 Å². The van der Waals surface area contributed by atoms with Crippen molar-refractivity contribution in [3.63, 3.8) is 0 Å². The van der Waals surface area contributed by atoms with Gasteiger partial charge in [0.2, 0.25) is 0 Å². The maximum Gasteiger partial charge on any atom is 0.0672 e. The topological polar surface area (TPSA) is 47.6 Å². The minimum Gasteiger partial charge on any atom is -0.198 e. The first-order valence-electron chi connectivity index (χ1n) is 3.85. The average Bonchev–Trinajstić information content (AvgIpc) is 2.00. The van der Waals surface area contributed by atoms with Gasteiger partial charge in [0.05, 0.1) is 24.5 Å². The maximum atomic E-state index is 8.72. The van der Waals surface area contributed by atoms with Gasteiger partial charge in [0.1, 0.15) is 0 Å². The molecule has 0 heterocycles. The van der Waals surface area contributed by atoms with E-state index in [2.05, 4.69) is 6.07 Å². The summed E-state index contributed by atoms with van der Waals surface area (Å²) in [7, 11) is 0. The average molecular weight is 150 g/mol. The number of rotatable bonds is 3. The second kappa shape index (κ2) is 3.98. The molecule has 1 unspecified atom stereocenters. The molecule has 0 aromatic heterocycles. The van der Waals surface area contributed by atoms with E-state index in [9.17, 15) is 0 Å². The molecular formula is C9H14N2. The second-order valence-corrected chi connectivity index (χ2v) is 3.39. The quantitative estimate of drug-likeness (QED) is 0.620. The molecule has 0 spiro atoms. The molecule has 0 aromatic rings. The molecule has 0 aliphatic carbocycles. The molecule has 0 aliphatic rings. The van der Waals surface area contributed by atoms with Crippen LogP contribution in [-0.4, -0.2) is 0 Å². The fourth-order valence-electron chi connectivity index (χ4n) is 0.834. The van der Waals surface area contributed by atoms with Gasteiger partial charge in [0.15, 0.2) is 0 Å². The van der Waals surface area contributed by atoms with Crippen LogP contribution >= 0.6 is 0 Å². The summed E-state index contributed by atoms with van der Waals surface area (Å²) in [6.07, 6.45) is 1.28. The normalized spacial score (nSPS) is 13.2. The zero-order valence-corrected chi connectivity index (χ0v) is 7.39. The molecule has 11 heavy (non-hydrogen) atoms. The van der Waals surface area contributed by atoms with E-state index in [0.29, 0.717) is 6.42 Å². The molecule has 0 aliphatic heterocycles. The van der Waals surface area contributed by atoms with Crippen LogP contribution in [0.1, 0.15) is 33.6 Å². The summed E-state index contributed by atoms with van der Waals surface area (Å²) < 4.78 is 0.